The smallest absolute Gasteiger partial charge is 0.329 e. The summed E-state index contributed by atoms with van der Waals surface area (Å²) in [4.78, 5) is 21.4. The number of carbonyl (C=O) groups excluding carboxylic acids is 2. The molecule has 0 radical (unpaired) electrons. The molecule has 18 heavy (non-hydrogen) atoms. The van der Waals surface area contributed by atoms with Gasteiger partial charge in [0, 0.05) is 5.39 Å². The minimum atomic E-state index is -1.09. The standard InChI is InChI=1S/C12H11N3O3/c1-7(14-15-12(17)11(13)16)10-6-8-4-2-3-5-9(8)18-10/h2-6H,1H3,(H2,13,16)(H,15,17). The lowest BCUT2D eigenvalue weighted by atomic mass is 10.2. The van der Waals surface area contributed by atoms with E-state index in [4.69, 9.17) is 10.2 Å². The first-order valence-corrected chi connectivity index (χ1v) is 5.21. The zero-order valence-electron chi connectivity index (χ0n) is 9.64. The van der Waals surface area contributed by atoms with E-state index in [1.54, 1.807) is 13.0 Å². The molecule has 92 valence electrons. The number of carbonyl (C=O) groups is 2. The SMILES string of the molecule is CC(=NNC(=O)C(N)=O)c1cc2ccccc2o1. The lowest BCUT2D eigenvalue weighted by molar-refractivity contribution is -0.137. The van der Waals surface area contributed by atoms with Crippen molar-refractivity contribution in [3.05, 3.63) is 36.1 Å². The van der Waals surface area contributed by atoms with Gasteiger partial charge in [0.15, 0.2) is 5.76 Å². The molecule has 2 aromatic rings. The fraction of sp³-hybridized carbons (Fsp3) is 0.0833. The highest BCUT2D eigenvalue weighted by Crippen LogP contribution is 2.19. The molecule has 3 N–H and O–H groups in total. The molecule has 0 bridgehead atoms. The van der Waals surface area contributed by atoms with Gasteiger partial charge in [0.05, 0.1) is 0 Å². The van der Waals surface area contributed by atoms with Crippen LogP contribution in [0.2, 0.25) is 0 Å². The molecule has 0 spiro atoms. The Morgan fingerprint density at radius 2 is 2.06 bits per heavy atom. The summed E-state index contributed by atoms with van der Waals surface area (Å²) in [6.07, 6.45) is 0. The molecule has 6 nitrogen and oxygen atoms in total. The van der Waals surface area contributed by atoms with Crippen LogP contribution >= 0.6 is 0 Å². The Kier molecular flexibility index (Phi) is 3.09. The predicted octanol–water partition coefficient (Wildman–Crippen LogP) is 0.758. The zero-order valence-corrected chi connectivity index (χ0v) is 9.64. The summed E-state index contributed by atoms with van der Waals surface area (Å²) in [5.74, 6) is -1.54. The molecule has 0 aliphatic carbocycles. The number of para-hydroxylation sites is 1. The van der Waals surface area contributed by atoms with E-state index in [1.807, 2.05) is 29.7 Å². The van der Waals surface area contributed by atoms with Crippen LogP contribution in [-0.2, 0) is 9.59 Å². The van der Waals surface area contributed by atoms with Gasteiger partial charge in [-0.05, 0) is 19.1 Å². The van der Waals surface area contributed by atoms with E-state index in [0.29, 0.717) is 11.5 Å². The maximum atomic E-state index is 10.9. The number of benzene rings is 1. The molecular formula is C12H11N3O3. The van der Waals surface area contributed by atoms with Gasteiger partial charge in [0.1, 0.15) is 11.3 Å². The monoisotopic (exact) mass is 245 g/mol. The molecule has 0 saturated heterocycles. The molecule has 2 rings (SSSR count). The van der Waals surface area contributed by atoms with Crippen molar-refractivity contribution in [2.24, 2.45) is 10.8 Å². The van der Waals surface area contributed by atoms with Crippen LogP contribution in [0.4, 0.5) is 0 Å². The number of hydrazone groups is 1. The Bertz CT molecular complexity index is 610. The molecule has 6 heteroatoms. The highest BCUT2D eigenvalue weighted by atomic mass is 16.3. The Morgan fingerprint density at radius 3 is 2.72 bits per heavy atom. The quantitative estimate of drug-likeness (QED) is 0.464. The largest absolute Gasteiger partial charge is 0.455 e. The van der Waals surface area contributed by atoms with E-state index in [0.717, 1.165) is 11.0 Å². The van der Waals surface area contributed by atoms with Crippen LogP contribution in [0.15, 0.2) is 39.9 Å². The van der Waals surface area contributed by atoms with E-state index in [2.05, 4.69) is 5.10 Å². The third-order valence-corrected chi connectivity index (χ3v) is 2.33. The van der Waals surface area contributed by atoms with E-state index in [1.165, 1.54) is 0 Å². The number of furan rings is 1. The van der Waals surface area contributed by atoms with Gasteiger partial charge in [-0.2, -0.15) is 5.10 Å². The number of primary amides is 1. The first kappa shape index (κ1) is 11.8. The highest BCUT2D eigenvalue weighted by Gasteiger charge is 2.09. The van der Waals surface area contributed by atoms with Crippen LogP contribution in [0, 0.1) is 0 Å². The summed E-state index contributed by atoms with van der Waals surface area (Å²) in [5, 5.41) is 4.67. The Labute approximate surface area is 102 Å². The fourth-order valence-corrected chi connectivity index (χ4v) is 1.40. The molecule has 0 aliphatic heterocycles. The fourth-order valence-electron chi connectivity index (χ4n) is 1.40. The van der Waals surface area contributed by atoms with Gasteiger partial charge in [0.25, 0.3) is 0 Å². The van der Waals surface area contributed by atoms with Crippen molar-refractivity contribution in [2.75, 3.05) is 0 Å². The lowest BCUT2D eigenvalue weighted by Crippen LogP contribution is -2.33. The first-order valence-electron chi connectivity index (χ1n) is 5.21. The van der Waals surface area contributed by atoms with Crippen LogP contribution < -0.4 is 11.2 Å². The van der Waals surface area contributed by atoms with Crippen LogP contribution in [0.1, 0.15) is 12.7 Å². The van der Waals surface area contributed by atoms with E-state index >= 15 is 0 Å². The highest BCUT2D eigenvalue weighted by molar-refractivity contribution is 6.34. The van der Waals surface area contributed by atoms with Crippen molar-refractivity contribution in [1.29, 1.82) is 0 Å². The number of rotatable bonds is 2. The lowest BCUT2D eigenvalue weighted by Gasteiger charge is -1.96. The topological polar surface area (TPSA) is 97.7 Å². The Morgan fingerprint density at radius 1 is 1.33 bits per heavy atom. The molecule has 0 atom stereocenters. The minimum Gasteiger partial charge on any atom is -0.455 e. The third-order valence-electron chi connectivity index (χ3n) is 2.33. The van der Waals surface area contributed by atoms with Gasteiger partial charge in [-0.15, -0.1) is 0 Å². The van der Waals surface area contributed by atoms with E-state index in [-0.39, 0.29) is 0 Å². The molecular weight excluding hydrogens is 234 g/mol. The van der Waals surface area contributed by atoms with Gasteiger partial charge in [-0.1, -0.05) is 18.2 Å². The summed E-state index contributed by atoms with van der Waals surface area (Å²) in [5.41, 5.74) is 7.99. The van der Waals surface area contributed by atoms with Crippen molar-refractivity contribution in [2.45, 2.75) is 6.92 Å². The Balaban J connectivity index is 2.22. The number of nitrogens with zero attached hydrogens (tertiary/aromatic N) is 1. The van der Waals surface area contributed by atoms with E-state index in [9.17, 15) is 9.59 Å². The molecule has 0 unspecified atom stereocenters. The van der Waals surface area contributed by atoms with Crippen LogP contribution in [0.3, 0.4) is 0 Å². The molecule has 0 saturated carbocycles. The average Bonchev–Trinajstić information content (AvgIpc) is 2.79. The molecule has 1 heterocycles. The van der Waals surface area contributed by atoms with Crippen molar-refractivity contribution >= 4 is 28.5 Å². The van der Waals surface area contributed by atoms with Gasteiger partial charge in [-0.3, -0.25) is 9.59 Å². The van der Waals surface area contributed by atoms with Crippen LogP contribution in [-0.4, -0.2) is 17.5 Å². The summed E-state index contributed by atoms with van der Waals surface area (Å²) in [6.45, 7) is 1.65. The number of hydrogen-bond donors (Lipinski definition) is 2. The van der Waals surface area contributed by atoms with E-state index < -0.39 is 11.8 Å². The number of hydrogen-bond acceptors (Lipinski definition) is 4. The Hall–Kier alpha value is -2.63. The number of nitrogens with two attached hydrogens (primary N) is 1. The molecule has 2 amide bonds. The average molecular weight is 245 g/mol. The van der Waals surface area contributed by atoms with Gasteiger partial charge >= 0.3 is 11.8 Å². The first-order chi connectivity index (χ1) is 8.58. The maximum absolute atomic E-state index is 10.9. The van der Waals surface area contributed by atoms with Crippen molar-refractivity contribution < 1.29 is 14.0 Å². The predicted molar refractivity (Wildman–Crippen MR) is 65.8 cm³/mol. The second kappa shape index (κ2) is 4.70. The van der Waals surface area contributed by atoms with Crippen LogP contribution in [0.25, 0.3) is 11.0 Å². The summed E-state index contributed by atoms with van der Waals surface area (Å²) in [6, 6.07) is 9.27. The van der Waals surface area contributed by atoms with Crippen molar-refractivity contribution in [1.82, 2.24) is 5.43 Å². The second-order valence-electron chi connectivity index (χ2n) is 3.65. The maximum Gasteiger partial charge on any atom is 0.329 e. The minimum absolute atomic E-state index is 0.445. The third kappa shape index (κ3) is 2.37. The molecule has 0 fully saturated rings. The second-order valence-corrected chi connectivity index (χ2v) is 3.65. The van der Waals surface area contributed by atoms with Crippen molar-refractivity contribution in [3.63, 3.8) is 0 Å². The normalized spacial score (nSPS) is 11.5. The number of nitrogens with one attached hydrogen (secondary N) is 1. The van der Waals surface area contributed by atoms with Gasteiger partial charge in [0.2, 0.25) is 0 Å². The zero-order chi connectivity index (χ0) is 13.1. The van der Waals surface area contributed by atoms with Crippen molar-refractivity contribution in [3.8, 4) is 0 Å². The number of amides is 2. The van der Waals surface area contributed by atoms with Gasteiger partial charge in [-0.25, -0.2) is 5.43 Å². The van der Waals surface area contributed by atoms with Crippen LogP contribution in [0.5, 0.6) is 0 Å². The summed E-state index contributed by atoms with van der Waals surface area (Å²) in [7, 11) is 0. The molecule has 0 aliphatic rings. The number of fused-ring (bicyclic) bond motifs is 1. The summed E-state index contributed by atoms with van der Waals surface area (Å²) < 4.78 is 5.52. The molecule has 1 aromatic carbocycles. The molecule has 1 aromatic heterocycles. The summed E-state index contributed by atoms with van der Waals surface area (Å²) >= 11 is 0. The van der Waals surface area contributed by atoms with Gasteiger partial charge < -0.3 is 10.2 Å².